The summed E-state index contributed by atoms with van der Waals surface area (Å²) in [4.78, 5) is 13.0. The van der Waals surface area contributed by atoms with Crippen molar-refractivity contribution < 1.29 is 9.53 Å². The van der Waals surface area contributed by atoms with Gasteiger partial charge in [0.15, 0.2) is 5.69 Å². The summed E-state index contributed by atoms with van der Waals surface area (Å²) in [5.41, 5.74) is 3.47. The van der Waals surface area contributed by atoms with Gasteiger partial charge in [0.1, 0.15) is 11.3 Å². The van der Waals surface area contributed by atoms with Crippen LogP contribution in [0.4, 0.5) is 0 Å². The number of ether oxygens (including phenoxy) is 1. The van der Waals surface area contributed by atoms with Crippen molar-refractivity contribution >= 4 is 16.9 Å². The van der Waals surface area contributed by atoms with Gasteiger partial charge in [0.05, 0.1) is 17.8 Å². The van der Waals surface area contributed by atoms with E-state index in [1.807, 2.05) is 55.6 Å². The van der Waals surface area contributed by atoms with Crippen LogP contribution in [0, 0.1) is 0 Å². The van der Waals surface area contributed by atoms with E-state index in [1.165, 1.54) is 36.8 Å². The lowest BCUT2D eigenvalue weighted by atomic mass is 10.1. The second-order valence-electron chi connectivity index (χ2n) is 7.97. The molecule has 0 unspecified atom stereocenters. The number of fused-ring (bicyclic) bond motifs is 1. The molecule has 0 aliphatic carbocycles. The van der Waals surface area contributed by atoms with Crippen LogP contribution in [0.3, 0.4) is 0 Å². The Balaban J connectivity index is 1.40. The molecule has 0 amide bonds. The van der Waals surface area contributed by atoms with Crippen LogP contribution in [-0.2, 0) is 7.05 Å². The first-order valence-electron chi connectivity index (χ1n) is 11.3. The average molecular weight is 432 g/mol. The summed E-state index contributed by atoms with van der Waals surface area (Å²) in [7, 11) is 1.83. The molecule has 32 heavy (non-hydrogen) atoms. The lowest BCUT2D eigenvalue weighted by Gasteiger charge is -2.07. The van der Waals surface area contributed by atoms with Gasteiger partial charge in [0, 0.05) is 12.6 Å². The Morgan fingerprint density at radius 3 is 2.53 bits per heavy atom. The van der Waals surface area contributed by atoms with Crippen LogP contribution >= 0.6 is 0 Å². The summed E-state index contributed by atoms with van der Waals surface area (Å²) < 4.78 is 8.87. The highest BCUT2D eigenvalue weighted by molar-refractivity contribution is 5.99. The second kappa shape index (κ2) is 10.2. The molecule has 0 saturated carbocycles. The zero-order valence-corrected chi connectivity index (χ0v) is 18.7. The van der Waals surface area contributed by atoms with Crippen LogP contribution in [0.25, 0.3) is 22.3 Å². The van der Waals surface area contributed by atoms with Gasteiger partial charge < -0.3 is 4.74 Å². The number of nitrogens with zero attached hydrogens (tertiary/aromatic N) is 5. The molecule has 2 heterocycles. The Morgan fingerprint density at radius 1 is 0.969 bits per heavy atom. The molecule has 4 aromatic rings. The summed E-state index contributed by atoms with van der Waals surface area (Å²) in [5, 5.41) is 12.5. The minimum atomic E-state index is -0.306. The van der Waals surface area contributed by atoms with E-state index in [1.54, 1.807) is 10.7 Å². The number of hydrogen-bond donors (Lipinski definition) is 0. The molecule has 0 bridgehead atoms. The average Bonchev–Trinajstić information content (AvgIpc) is 3.42. The summed E-state index contributed by atoms with van der Waals surface area (Å²) in [6.45, 7) is 2.97. The number of hydrogen-bond acceptors (Lipinski definition) is 5. The van der Waals surface area contributed by atoms with Gasteiger partial charge in [0.2, 0.25) is 0 Å². The van der Waals surface area contributed by atoms with Crippen molar-refractivity contribution in [1.29, 1.82) is 0 Å². The molecular weight excluding hydrogens is 402 g/mol. The van der Waals surface area contributed by atoms with Crippen molar-refractivity contribution in [2.24, 2.45) is 7.05 Å². The van der Waals surface area contributed by atoms with E-state index in [2.05, 4.69) is 22.3 Å². The summed E-state index contributed by atoms with van der Waals surface area (Å²) in [5.74, 6) is 0.550. The van der Waals surface area contributed by atoms with Crippen LogP contribution < -0.4 is 4.74 Å². The summed E-state index contributed by atoms with van der Waals surface area (Å²) >= 11 is 0. The Morgan fingerprint density at radius 2 is 1.72 bits per heavy atom. The molecule has 0 aliphatic heterocycles. The molecule has 166 valence electrons. The number of para-hydroxylation sites is 1. The highest BCUT2D eigenvalue weighted by atomic mass is 16.5. The number of aryl methyl sites for hydroxylation is 1. The summed E-state index contributed by atoms with van der Waals surface area (Å²) in [6, 6.07) is 17.1. The number of carbonyl (C=O) groups excluding carboxylic acids is 1. The molecule has 2 aromatic heterocycles. The normalized spacial score (nSPS) is 11.2. The van der Waals surface area contributed by atoms with Crippen LogP contribution in [0.15, 0.2) is 54.6 Å². The molecule has 0 radical (unpaired) electrons. The highest BCUT2D eigenvalue weighted by Crippen LogP contribution is 2.24. The quantitative estimate of drug-likeness (QED) is 0.320. The number of benzene rings is 2. The Hall–Kier alpha value is -3.48. The van der Waals surface area contributed by atoms with Crippen molar-refractivity contribution in [3.63, 3.8) is 0 Å². The highest BCUT2D eigenvalue weighted by Gasteiger charge is 2.19. The largest absolute Gasteiger partial charge is 0.494 e. The van der Waals surface area contributed by atoms with E-state index in [-0.39, 0.29) is 5.91 Å². The van der Waals surface area contributed by atoms with Crippen molar-refractivity contribution in [1.82, 2.24) is 24.8 Å². The third kappa shape index (κ3) is 4.88. The molecule has 0 aliphatic rings. The van der Waals surface area contributed by atoms with Gasteiger partial charge in [-0.05, 0) is 48.9 Å². The lowest BCUT2D eigenvalue weighted by Crippen LogP contribution is -2.14. The van der Waals surface area contributed by atoms with Gasteiger partial charge in [-0.3, -0.25) is 9.48 Å². The second-order valence-corrected chi connectivity index (χ2v) is 7.97. The van der Waals surface area contributed by atoms with Gasteiger partial charge in [-0.2, -0.15) is 9.78 Å². The number of unbranched alkanes of at least 4 members (excludes halogenated alkanes) is 5. The van der Waals surface area contributed by atoms with Crippen LogP contribution in [0.5, 0.6) is 5.75 Å². The minimum absolute atomic E-state index is 0.306. The number of carbonyl (C=O) groups is 1. The van der Waals surface area contributed by atoms with E-state index in [0.717, 1.165) is 30.0 Å². The standard InChI is InChI=1S/C25H29N5O2/c1-3-4-5-6-7-10-17-32-20-15-13-19(14-16-20)24-18-22(27-29(24)2)25(31)30-23-12-9-8-11-21(23)26-28-30/h8-9,11-16,18H,3-7,10,17H2,1-2H3. The van der Waals surface area contributed by atoms with Crippen LogP contribution in [0.1, 0.15) is 55.9 Å². The molecule has 0 N–H and O–H groups in total. The maximum absolute atomic E-state index is 13.0. The van der Waals surface area contributed by atoms with E-state index in [4.69, 9.17) is 4.74 Å². The predicted molar refractivity (Wildman–Crippen MR) is 125 cm³/mol. The van der Waals surface area contributed by atoms with Crippen molar-refractivity contribution in [3.05, 3.63) is 60.3 Å². The predicted octanol–water partition coefficient (Wildman–Crippen LogP) is 5.26. The van der Waals surface area contributed by atoms with Crippen molar-refractivity contribution in [2.45, 2.75) is 45.4 Å². The molecule has 7 heteroatoms. The Labute approximate surface area is 188 Å². The topological polar surface area (TPSA) is 74.8 Å². The van der Waals surface area contributed by atoms with Crippen LogP contribution in [-0.4, -0.2) is 37.3 Å². The molecule has 0 atom stereocenters. The molecular formula is C25H29N5O2. The Bertz CT molecular complexity index is 1180. The zero-order chi connectivity index (χ0) is 22.3. The fraction of sp³-hybridized carbons (Fsp3) is 0.360. The Kier molecular flexibility index (Phi) is 6.94. The van der Waals surface area contributed by atoms with Gasteiger partial charge >= 0.3 is 5.91 Å². The molecule has 0 fully saturated rings. The van der Waals surface area contributed by atoms with E-state index >= 15 is 0 Å². The molecule has 7 nitrogen and oxygen atoms in total. The smallest absolute Gasteiger partial charge is 0.300 e. The minimum Gasteiger partial charge on any atom is -0.494 e. The summed E-state index contributed by atoms with van der Waals surface area (Å²) in [6.07, 6.45) is 7.47. The first-order chi connectivity index (χ1) is 15.7. The first-order valence-corrected chi connectivity index (χ1v) is 11.3. The fourth-order valence-corrected chi connectivity index (χ4v) is 3.76. The maximum atomic E-state index is 13.0. The molecule has 4 rings (SSSR count). The van der Waals surface area contributed by atoms with Crippen LogP contribution in [0.2, 0.25) is 0 Å². The van der Waals surface area contributed by atoms with Crippen molar-refractivity contribution in [2.75, 3.05) is 6.61 Å². The monoisotopic (exact) mass is 431 g/mol. The van der Waals surface area contributed by atoms with Gasteiger partial charge in [-0.15, -0.1) is 5.10 Å². The van der Waals surface area contributed by atoms with E-state index in [0.29, 0.717) is 16.7 Å². The van der Waals surface area contributed by atoms with E-state index < -0.39 is 0 Å². The van der Waals surface area contributed by atoms with Gasteiger partial charge in [-0.25, -0.2) is 0 Å². The number of rotatable bonds is 10. The molecule has 0 saturated heterocycles. The number of aromatic nitrogens is 5. The maximum Gasteiger partial charge on any atom is 0.300 e. The third-order valence-electron chi connectivity index (χ3n) is 5.56. The SMILES string of the molecule is CCCCCCCCOc1ccc(-c2cc(C(=O)n3nnc4ccccc43)nn2C)cc1. The van der Waals surface area contributed by atoms with Gasteiger partial charge in [-0.1, -0.05) is 56.4 Å². The fourth-order valence-electron chi connectivity index (χ4n) is 3.76. The van der Waals surface area contributed by atoms with Gasteiger partial charge in [0.25, 0.3) is 0 Å². The lowest BCUT2D eigenvalue weighted by molar-refractivity contribution is 0.0942. The zero-order valence-electron chi connectivity index (χ0n) is 18.7. The first kappa shape index (κ1) is 21.7. The molecule has 0 spiro atoms. The van der Waals surface area contributed by atoms with Crippen molar-refractivity contribution in [3.8, 4) is 17.0 Å². The third-order valence-corrected chi connectivity index (χ3v) is 5.56. The van der Waals surface area contributed by atoms with E-state index in [9.17, 15) is 4.79 Å². The molecule has 2 aromatic carbocycles.